The Bertz CT molecular complexity index is 685. The van der Waals surface area contributed by atoms with Gasteiger partial charge in [-0.25, -0.2) is 4.21 Å². The minimum Gasteiger partial charge on any atom is -0.388 e. The molecular weight excluding hydrogens is 483 g/mol. The zero-order valence-corrected chi connectivity index (χ0v) is 21.6. The number of benzene rings is 2. The number of alkyl halides is 1. The Hall–Kier alpha value is -0.580. The van der Waals surface area contributed by atoms with E-state index in [1.807, 2.05) is 36.4 Å². The Morgan fingerprint density at radius 3 is 1.50 bits per heavy atom. The molecule has 0 aliphatic heterocycles. The second kappa shape index (κ2) is 16.1. The molecule has 2 saturated carbocycles. The van der Waals surface area contributed by atoms with Gasteiger partial charge >= 0.3 is 0 Å². The predicted molar refractivity (Wildman–Crippen MR) is 139 cm³/mol. The molecule has 2 atom stereocenters. The standard InChI is InChI=1S/C13H17Cl.C13H18O.Cl2OS/c2*14-13(11-7-3-1-4-8-11)12-9-5-2-6-10-12;1-4(2)3/h1,3-4,7-8,12-13H,2,5-6,9-10H2;1,3-4,7-8,12-14H,2,5-6,9-10H2;. The largest absolute Gasteiger partial charge is 0.388 e. The van der Waals surface area contributed by atoms with Crippen LogP contribution in [0.15, 0.2) is 60.7 Å². The SMILES string of the molecule is ClC(c1ccccc1)C1CCCCC1.O=S(Cl)Cl.OC(c1ccccc1)C1CCCCC1. The summed E-state index contributed by atoms with van der Waals surface area (Å²) in [5.41, 5.74) is 2.38. The molecule has 2 aliphatic rings. The summed E-state index contributed by atoms with van der Waals surface area (Å²) in [5.74, 6) is 1.19. The summed E-state index contributed by atoms with van der Waals surface area (Å²) in [5, 5.41) is 10.4. The van der Waals surface area contributed by atoms with E-state index in [0.717, 1.165) is 5.56 Å². The van der Waals surface area contributed by atoms with E-state index >= 15 is 0 Å². The first-order valence-corrected chi connectivity index (χ1v) is 14.9. The van der Waals surface area contributed by atoms with Gasteiger partial charge in [0.05, 0.1) is 11.5 Å². The highest BCUT2D eigenvalue weighted by Gasteiger charge is 2.23. The highest BCUT2D eigenvalue weighted by atomic mass is 36.0. The summed E-state index contributed by atoms with van der Waals surface area (Å²) < 4.78 is 9.09. The number of rotatable bonds is 4. The van der Waals surface area contributed by atoms with Crippen LogP contribution in [0.1, 0.15) is 86.8 Å². The lowest BCUT2D eigenvalue weighted by atomic mass is 9.83. The van der Waals surface area contributed by atoms with Gasteiger partial charge in [0.2, 0.25) is 9.23 Å². The molecule has 0 saturated heterocycles. The zero-order valence-electron chi connectivity index (χ0n) is 18.6. The molecule has 1 N–H and O–H groups in total. The fraction of sp³-hybridized carbons (Fsp3) is 0.538. The first-order valence-electron chi connectivity index (χ1n) is 11.7. The Morgan fingerprint density at radius 1 is 0.688 bits per heavy atom. The van der Waals surface area contributed by atoms with Crippen molar-refractivity contribution in [2.24, 2.45) is 11.8 Å². The van der Waals surface area contributed by atoms with E-state index in [1.165, 1.54) is 69.8 Å². The smallest absolute Gasteiger partial charge is 0.211 e. The van der Waals surface area contributed by atoms with Crippen LogP contribution in [0.5, 0.6) is 0 Å². The second-order valence-corrected chi connectivity index (χ2v) is 11.6. The van der Waals surface area contributed by atoms with E-state index in [0.29, 0.717) is 11.8 Å². The molecule has 2 fully saturated rings. The third kappa shape index (κ3) is 10.6. The average Bonchev–Trinajstić information content (AvgIpc) is 2.85. The number of hydrogen-bond donors (Lipinski definition) is 1. The van der Waals surface area contributed by atoms with Gasteiger partial charge in [-0.2, -0.15) is 0 Å². The maximum atomic E-state index is 10.1. The van der Waals surface area contributed by atoms with Gasteiger partial charge in [0, 0.05) is 21.4 Å². The lowest BCUT2D eigenvalue weighted by Gasteiger charge is -2.26. The monoisotopic (exact) mass is 516 g/mol. The Labute approximate surface area is 210 Å². The van der Waals surface area contributed by atoms with Crippen LogP contribution in [0.4, 0.5) is 0 Å². The normalized spacial score (nSPS) is 19.2. The van der Waals surface area contributed by atoms with E-state index in [9.17, 15) is 5.11 Å². The van der Waals surface area contributed by atoms with Crippen molar-refractivity contribution in [2.75, 3.05) is 0 Å². The van der Waals surface area contributed by atoms with Gasteiger partial charge in [0.1, 0.15) is 0 Å². The van der Waals surface area contributed by atoms with Crippen LogP contribution in [0.3, 0.4) is 0 Å². The molecule has 0 radical (unpaired) electrons. The van der Waals surface area contributed by atoms with Gasteiger partial charge in [0.15, 0.2) is 0 Å². The zero-order chi connectivity index (χ0) is 23.2. The first-order chi connectivity index (χ1) is 15.5. The Kier molecular flexibility index (Phi) is 13.9. The average molecular weight is 518 g/mol. The van der Waals surface area contributed by atoms with Crippen LogP contribution in [-0.4, -0.2) is 9.32 Å². The molecule has 0 aromatic heterocycles. The lowest BCUT2D eigenvalue weighted by molar-refractivity contribution is 0.0848. The summed E-state index contributed by atoms with van der Waals surface area (Å²) >= 11 is 6.49. The van der Waals surface area contributed by atoms with Gasteiger partial charge in [-0.3, -0.25) is 0 Å². The molecule has 0 heterocycles. The number of hydrogen-bond acceptors (Lipinski definition) is 2. The fourth-order valence-electron chi connectivity index (χ4n) is 4.71. The van der Waals surface area contributed by atoms with Gasteiger partial charge < -0.3 is 5.11 Å². The third-order valence-electron chi connectivity index (χ3n) is 6.42. The molecule has 32 heavy (non-hydrogen) atoms. The predicted octanol–water partition coefficient (Wildman–Crippen LogP) is 8.89. The Morgan fingerprint density at radius 2 is 1.06 bits per heavy atom. The van der Waals surface area contributed by atoms with Crippen molar-refractivity contribution in [1.29, 1.82) is 0 Å². The van der Waals surface area contributed by atoms with E-state index in [-0.39, 0.29) is 11.5 Å². The fourth-order valence-corrected chi connectivity index (χ4v) is 5.11. The van der Waals surface area contributed by atoms with Crippen molar-refractivity contribution in [3.63, 3.8) is 0 Å². The van der Waals surface area contributed by atoms with Crippen molar-refractivity contribution in [1.82, 2.24) is 0 Å². The minimum atomic E-state index is -1.67. The molecule has 2 nitrogen and oxygen atoms in total. The van der Waals surface area contributed by atoms with Crippen LogP contribution in [0, 0.1) is 11.8 Å². The quantitative estimate of drug-likeness (QED) is 0.325. The molecule has 2 aromatic carbocycles. The van der Waals surface area contributed by atoms with Crippen molar-refractivity contribution >= 4 is 42.2 Å². The van der Waals surface area contributed by atoms with E-state index in [1.54, 1.807) is 0 Å². The first kappa shape index (κ1) is 27.7. The maximum Gasteiger partial charge on any atom is 0.211 e. The summed E-state index contributed by atoms with van der Waals surface area (Å²) in [6, 6.07) is 20.5. The molecule has 0 amide bonds. The van der Waals surface area contributed by atoms with E-state index in [4.69, 9.17) is 15.8 Å². The van der Waals surface area contributed by atoms with Gasteiger partial charge in [-0.1, -0.05) is 99.2 Å². The van der Waals surface area contributed by atoms with Crippen molar-refractivity contribution in [3.8, 4) is 0 Å². The highest BCUT2D eigenvalue weighted by molar-refractivity contribution is 8.26. The van der Waals surface area contributed by atoms with Gasteiger partial charge in [-0.15, -0.1) is 11.6 Å². The van der Waals surface area contributed by atoms with Crippen LogP contribution >= 0.6 is 33.0 Å². The number of halogens is 3. The van der Waals surface area contributed by atoms with Gasteiger partial charge in [-0.05, 0) is 48.6 Å². The van der Waals surface area contributed by atoms with Crippen LogP contribution < -0.4 is 0 Å². The van der Waals surface area contributed by atoms with E-state index in [2.05, 4.69) is 45.6 Å². The molecule has 0 spiro atoms. The molecule has 4 rings (SSSR count). The van der Waals surface area contributed by atoms with Crippen molar-refractivity contribution < 1.29 is 9.32 Å². The number of aliphatic hydroxyl groups is 1. The molecule has 2 aliphatic carbocycles. The molecule has 2 unspecified atom stereocenters. The highest BCUT2D eigenvalue weighted by Crippen LogP contribution is 2.38. The lowest BCUT2D eigenvalue weighted by Crippen LogP contribution is -2.15. The summed E-state index contributed by atoms with van der Waals surface area (Å²) in [6.45, 7) is 0. The summed E-state index contributed by atoms with van der Waals surface area (Å²) in [4.78, 5) is 0. The second-order valence-electron chi connectivity index (χ2n) is 8.65. The van der Waals surface area contributed by atoms with Crippen LogP contribution in [0.25, 0.3) is 0 Å². The summed E-state index contributed by atoms with van der Waals surface area (Å²) in [6.07, 6.45) is 12.8. The van der Waals surface area contributed by atoms with Crippen molar-refractivity contribution in [2.45, 2.75) is 75.7 Å². The van der Waals surface area contributed by atoms with E-state index < -0.39 is 9.23 Å². The minimum absolute atomic E-state index is 0.233. The third-order valence-corrected chi connectivity index (χ3v) is 7.03. The van der Waals surface area contributed by atoms with Crippen LogP contribution in [-0.2, 0) is 9.23 Å². The Balaban J connectivity index is 0.000000195. The topological polar surface area (TPSA) is 37.3 Å². The van der Waals surface area contributed by atoms with Crippen LogP contribution in [0.2, 0.25) is 0 Å². The molecular formula is C26H35Cl3O2S. The van der Waals surface area contributed by atoms with Gasteiger partial charge in [0.25, 0.3) is 0 Å². The molecule has 2 aromatic rings. The summed E-state index contributed by atoms with van der Waals surface area (Å²) in [7, 11) is 7.36. The molecule has 0 bridgehead atoms. The molecule has 6 heteroatoms. The number of aliphatic hydroxyl groups excluding tert-OH is 1. The molecule has 178 valence electrons. The maximum absolute atomic E-state index is 10.1. The van der Waals surface area contributed by atoms with Crippen molar-refractivity contribution in [3.05, 3.63) is 71.8 Å².